The van der Waals surface area contributed by atoms with Gasteiger partial charge >= 0.3 is 5.97 Å². The van der Waals surface area contributed by atoms with Gasteiger partial charge in [-0.25, -0.2) is 13.8 Å². The van der Waals surface area contributed by atoms with E-state index in [4.69, 9.17) is 5.11 Å². The zero-order valence-electron chi connectivity index (χ0n) is 9.73. The van der Waals surface area contributed by atoms with Crippen LogP contribution in [0.4, 0.5) is 8.78 Å². The topological polar surface area (TPSA) is 55.1 Å². The molecule has 0 aliphatic heterocycles. The number of benzene rings is 1. The second-order valence-electron chi connectivity index (χ2n) is 4.19. The molecule has 0 saturated carbocycles. The van der Waals surface area contributed by atoms with Gasteiger partial charge in [-0.05, 0) is 13.3 Å². The van der Waals surface area contributed by atoms with E-state index in [1.165, 1.54) is 6.33 Å². The third kappa shape index (κ3) is 2.32. The first-order valence-electron chi connectivity index (χ1n) is 5.52. The highest BCUT2D eigenvalue weighted by atomic mass is 19.2. The Kier molecular flexibility index (Phi) is 3.27. The van der Waals surface area contributed by atoms with E-state index in [2.05, 4.69) is 4.98 Å². The summed E-state index contributed by atoms with van der Waals surface area (Å²) in [5.41, 5.74) is 0.822. The van der Waals surface area contributed by atoms with Gasteiger partial charge in [-0.15, -0.1) is 0 Å². The Morgan fingerprint density at radius 1 is 1.44 bits per heavy atom. The molecule has 0 spiro atoms. The van der Waals surface area contributed by atoms with Crippen molar-refractivity contribution in [1.82, 2.24) is 9.55 Å². The SMILES string of the molecule is CC(CCC(=O)O)n1cnc2cc(F)c(F)cc21. The number of carboxylic acids is 1. The number of carboxylic acid groups (broad SMARTS) is 1. The van der Waals surface area contributed by atoms with E-state index in [1.807, 2.05) is 6.92 Å². The Balaban J connectivity index is 2.33. The molecule has 1 atom stereocenters. The van der Waals surface area contributed by atoms with Crippen LogP contribution in [0.5, 0.6) is 0 Å². The van der Waals surface area contributed by atoms with Gasteiger partial charge in [0.05, 0.1) is 17.4 Å². The molecule has 6 heteroatoms. The number of hydrogen-bond donors (Lipinski definition) is 1. The summed E-state index contributed by atoms with van der Waals surface area (Å²) in [7, 11) is 0. The molecule has 1 aromatic heterocycles. The number of fused-ring (bicyclic) bond motifs is 1. The predicted molar refractivity (Wildman–Crippen MR) is 61.2 cm³/mol. The molecule has 1 N–H and O–H groups in total. The summed E-state index contributed by atoms with van der Waals surface area (Å²) < 4.78 is 27.8. The molecule has 0 bridgehead atoms. The molecule has 1 unspecified atom stereocenters. The van der Waals surface area contributed by atoms with E-state index in [0.717, 1.165) is 12.1 Å². The zero-order valence-corrected chi connectivity index (χ0v) is 9.73. The largest absolute Gasteiger partial charge is 0.481 e. The lowest BCUT2D eigenvalue weighted by atomic mass is 10.1. The van der Waals surface area contributed by atoms with E-state index in [0.29, 0.717) is 17.5 Å². The van der Waals surface area contributed by atoms with Crippen LogP contribution < -0.4 is 0 Å². The normalized spacial score (nSPS) is 12.8. The standard InChI is InChI=1S/C12H12F2N2O2/c1-7(2-3-12(17)18)16-6-15-10-4-8(13)9(14)5-11(10)16/h4-7H,2-3H2,1H3,(H,17,18). The predicted octanol–water partition coefficient (Wildman–Crippen LogP) is 2.74. The van der Waals surface area contributed by atoms with Crippen molar-refractivity contribution >= 4 is 17.0 Å². The Hall–Kier alpha value is -1.98. The van der Waals surface area contributed by atoms with Crippen molar-refractivity contribution in [2.45, 2.75) is 25.8 Å². The second kappa shape index (κ2) is 4.72. The van der Waals surface area contributed by atoms with Crippen LogP contribution in [0.1, 0.15) is 25.8 Å². The molecule has 4 nitrogen and oxygen atoms in total. The van der Waals surface area contributed by atoms with Crippen LogP contribution >= 0.6 is 0 Å². The first-order chi connectivity index (χ1) is 8.49. The average Bonchev–Trinajstić information content (AvgIpc) is 2.69. The van der Waals surface area contributed by atoms with Crippen molar-refractivity contribution in [3.05, 3.63) is 30.1 Å². The van der Waals surface area contributed by atoms with E-state index in [9.17, 15) is 13.6 Å². The minimum absolute atomic E-state index is 0.0184. The van der Waals surface area contributed by atoms with E-state index in [-0.39, 0.29) is 12.5 Å². The van der Waals surface area contributed by atoms with Gasteiger partial charge in [0.1, 0.15) is 0 Å². The number of hydrogen-bond acceptors (Lipinski definition) is 2. The van der Waals surface area contributed by atoms with Crippen molar-refractivity contribution in [3.8, 4) is 0 Å². The molecule has 2 rings (SSSR count). The Bertz CT molecular complexity index is 595. The van der Waals surface area contributed by atoms with Gasteiger partial charge in [-0.2, -0.15) is 0 Å². The molecule has 2 aromatic rings. The van der Waals surface area contributed by atoms with Crippen molar-refractivity contribution in [3.63, 3.8) is 0 Å². The maximum absolute atomic E-state index is 13.2. The first kappa shape index (κ1) is 12.5. The van der Waals surface area contributed by atoms with Gasteiger partial charge < -0.3 is 9.67 Å². The third-order valence-corrected chi connectivity index (χ3v) is 2.87. The lowest BCUT2D eigenvalue weighted by Crippen LogP contribution is -2.06. The fourth-order valence-electron chi connectivity index (χ4n) is 1.85. The van der Waals surface area contributed by atoms with Crippen LogP contribution in [0.25, 0.3) is 11.0 Å². The summed E-state index contributed by atoms with van der Waals surface area (Å²) in [6.45, 7) is 1.81. The summed E-state index contributed by atoms with van der Waals surface area (Å²) in [6, 6.07) is 1.97. The number of halogens is 2. The lowest BCUT2D eigenvalue weighted by Gasteiger charge is -2.13. The summed E-state index contributed by atoms with van der Waals surface area (Å²) in [4.78, 5) is 14.5. The van der Waals surface area contributed by atoms with Crippen LogP contribution in [0.15, 0.2) is 18.5 Å². The molecule has 18 heavy (non-hydrogen) atoms. The summed E-state index contributed by atoms with van der Waals surface area (Å²) in [6.07, 6.45) is 1.89. The lowest BCUT2D eigenvalue weighted by molar-refractivity contribution is -0.137. The zero-order chi connectivity index (χ0) is 13.3. The van der Waals surface area contributed by atoms with Gasteiger partial charge in [-0.3, -0.25) is 4.79 Å². The first-order valence-corrected chi connectivity index (χ1v) is 5.52. The minimum atomic E-state index is -0.939. The molecule has 0 saturated heterocycles. The van der Waals surface area contributed by atoms with Gasteiger partial charge in [0, 0.05) is 24.6 Å². The quantitative estimate of drug-likeness (QED) is 0.912. The Labute approximate surface area is 102 Å². The van der Waals surface area contributed by atoms with Crippen molar-refractivity contribution in [1.29, 1.82) is 0 Å². The molecule has 1 aromatic carbocycles. The van der Waals surface area contributed by atoms with E-state index >= 15 is 0 Å². The van der Waals surface area contributed by atoms with E-state index < -0.39 is 17.6 Å². The molecule has 0 amide bonds. The third-order valence-electron chi connectivity index (χ3n) is 2.87. The highest BCUT2D eigenvalue weighted by Crippen LogP contribution is 2.23. The highest BCUT2D eigenvalue weighted by Gasteiger charge is 2.13. The molecule has 0 fully saturated rings. The highest BCUT2D eigenvalue weighted by molar-refractivity contribution is 5.75. The smallest absolute Gasteiger partial charge is 0.303 e. The van der Waals surface area contributed by atoms with Crippen molar-refractivity contribution in [2.75, 3.05) is 0 Å². The Morgan fingerprint density at radius 2 is 2.11 bits per heavy atom. The average molecular weight is 254 g/mol. The Morgan fingerprint density at radius 3 is 2.78 bits per heavy atom. The fourth-order valence-corrected chi connectivity index (χ4v) is 1.85. The molecular weight excluding hydrogens is 242 g/mol. The van der Waals surface area contributed by atoms with Gasteiger partial charge in [0.15, 0.2) is 11.6 Å². The maximum Gasteiger partial charge on any atom is 0.303 e. The molecule has 96 valence electrons. The summed E-state index contributed by atoms with van der Waals surface area (Å²) >= 11 is 0. The number of imidazole rings is 1. The molecule has 0 aliphatic rings. The fraction of sp³-hybridized carbons (Fsp3) is 0.333. The molecular formula is C12H12F2N2O2. The second-order valence-corrected chi connectivity index (χ2v) is 4.19. The van der Waals surface area contributed by atoms with Crippen LogP contribution in [-0.2, 0) is 4.79 Å². The van der Waals surface area contributed by atoms with Crippen molar-refractivity contribution in [2.24, 2.45) is 0 Å². The summed E-state index contributed by atoms with van der Waals surface area (Å²) in [5.74, 6) is -2.76. The monoisotopic (exact) mass is 254 g/mol. The van der Waals surface area contributed by atoms with Gasteiger partial charge in [0.25, 0.3) is 0 Å². The number of nitrogens with zero attached hydrogens (tertiary/aromatic N) is 2. The number of carbonyl (C=O) groups is 1. The maximum atomic E-state index is 13.2. The van der Waals surface area contributed by atoms with Crippen LogP contribution in [-0.4, -0.2) is 20.6 Å². The minimum Gasteiger partial charge on any atom is -0.481 e. The number of rotatable bonds is 4. The van der Waals surface area contributed by atoms with Gasteiger partial charge in [0.2, 0.25) is 0 Å². The van der Waals surface area contributed by atoms with Crippen LogP contribution in [0.3, 0.4) is 0 Å². The van der Waals surface area contributed by atoms with Crippen LogP contribution in [0, 0.1) is 11.6 Å². The van der Waals surface area contributed by atoms with Gasteiger partial charge in [-0.1, -0.05) is 0 Å². The van der Waals surface area contributed by atoms with E-state index in [1.54, 1.807) is 4.57 Å². The van der Waals surface area contributed by atoms with Crippen LogP contribution in [0.2, 0.25) is 0 Å². The van der Waals surface area contributed by atoms with Crippen molar-refractivity contribution < 1.29 is 18.7 Å². The molecule has 0 aliphatic carbocycles. The summed E-state index contributed by atoms with van der Waals surface area (Å²) in [5, 5.41) is 8.62. The molecule has 0 radical (unpaired) electrons. The number of aromatic nitrogens is 2. The molecule has 1 heterocycles. The number of aliphatic carboxylic acids is 1.